The van der Waals surface area contributed by atoms with Gasteiger partial charge in [0.15, 0.2) is 0 Å². The average molecular weight is 359 g/mol. The highest BCUT2D eigenvalue weighted by molar-refractivity contribution is 5.78. The third kappa shape index (κ3) is 5.79. The van der Waals surface area contributed by atoms with Crippen molar-refractivity contribution in [3.05, 3.63) is 35.9 Å². The predicted molar refractivity (Wildman–Crippen MR) is 106 cm³/mol. The monoisotopic (exact) mass is 358 g/mol. The van der Waals surface area contributed by atoms with Gasteiger partial charge in [0.1, 0.15) is 0 Å². The van der Waals surface area contributed by atoms with Gasteiger partial charge in [-0.15, -0.1) is 0 Å². The van der Waals surface area contributed by atoms with Crippen LogP contribution in [0.25, 0.3) is 0 Å². The fourth-order valence-electron chi connectivity index (χ4n) is 4.07. The first-order chi connectivity index (χ1) is 12.7. The third-order valence-corrected chi connectivity index (χ3v) is 5.84. The third-order valence-electron chi connectivity index (χ3n) is 5.84. The highest BCUT2D eigenvalue weighted by atomic mass is 16.2. The first-order valence-corrected chi connectivity index (χ1v) is 10.2. The summed E-state index contributed by atoms with van der Waals surface area (Å²) >= 11 is 0. The van der Waals surface area contributed by atoms with Crippen LogP contribution in [-0.4, -0.2) is 80.0 Å². The number of piperazine rings is 1. The summed E-state index contributed by atoms with van der Waals surface area (Å²) in [5.74, 6) is 1.15. The van der Waals surface area contributed by atoms with Crippen LogP contribution in [0.4, 0.5) is 0 Å². The second kappa shape index (κ2) is 10.0. The number of rotatable bonds is 7. The Bertz CT molecular complexity index is 534. The number of benzene rings is 1. The van der Waals surface area contributed by atoms with Crippen LogP contribution in [0.3, 0.4) is 0 Å². The molecule has 1 N–H and O–H groups in total. The van der Waals surface area contributed by atoms with Gasteiger partial charge in [0, 0.05) is 32.7 Å². The SMILES string of the molecule is CNCCC1CCN(CC(=O)N2CCN(Cc3ccccc3)CC2)CC1. The number of nitrogens with one attached hydrogen (secondary N) is 1. The van der Waals surface area contributed by atoms with Gasteiger partial charge in [0.2, 0.25) is 5.91 Å². The van der Waals surface area contributed by atoms with Crippen molar-refractivity contribution >= 4 is 5.91 Å². The number of amides is 1. The Morgan fingerprint density at radius 2 is 1.69 bits per heavy atom. The average Bonchev–Trinajstić information content (AvgIpc) is 2.69. The van der Waals surface area contributed by atoms with E-state index in [9.17, 15) is 4.79 Å². The molecule has 144 valence electrons. The number of likely N-dealkylation sites (tertiary alicyclic amines) is 1. The van der Waals surface area contributed by atoms with Gasteiger partial charge >= 0.3 is 0 Å². The molecule has 1 aromatic carbocycles. The summed E-state index contributed by atoms with van der Waals surface area (Å²) in [5.41, 5.74) is 1.36. The summed E-state index contributed by atoms with van der Waals surface area (Å²) in [5, 5.41) is 3.24. The van der Waals surface area contributed by atoms with Gasteiger partial charge in [-0.25, -0.2) is 0 Å². The van der Waals surface area contributed by atoms with Crippen LogP contribution in [0.5, 0.6) is 0 Å². The van der Waals surface area contributed by atoms with Crippen LogP contribution < -0.4 is 5.32 Å². The molecule has 5 heteroatoms. The molecule has 2 heterocycles. The van der Waals surface area contributed by atoms with E-state index in [2.05, 4.69) is 50.3 Å². The standard InChI is InChI=1S/C21H34N4O/c1-22-10-7-19-8-11-23(12-9-19)18-21(26)25-15-13-24(14-16-25)17-20-5-3-2-4-6-20/h2-6,19,22H,7-18H2,1H3. The predicted octanol–water partition coefficient (Wildman–Crippen LogP) is 1.65. The Kier molecular flexibility index (Phi) is 7.47. The zero-order chi connectivity index (χ0) is 18.2. The van der Waals surface area contributed by atoms with Crippen LogP contribution in [0.15, 0.2) is 30.3 Å². The van der Waals surface area contributed by atoms with Gasteiger partial charge < -0.3 is 10.2 Å². The molecule has 0 spiro atoms. The molecule has 0 unspecified atom stereocenters. The van der Waals surface area contributed by atoms with Crippen molar-refractivity contribution in [3.8, 4) is 0 Å². The highest BCUT2D eigenvalue weighted by Gasteiger charge is 2.25. The number of hydrogen-bond donors (Lipinski definition) is 1. The fourth-order valence-corrected chi connectivity index (χ4v) is 4.07. The lowest BCUT2D eigenvalue weighted by Gasteiger charge is -2.37. The number of piperidine rings is 1. The topological polar surface area (TPSA) is 38.8 Å². The van der Waals surface area contributed by atoms with Crippen LogP contribution in [0, 0.1) is 5.92 Å². The maximum Gasteiger partial charge on any atom is 0.236 e. The minimum absolute atomic E-state index is 0.318. The second-order valence-electron chi connectivity index (χ2n) is 7.75. The van der Waals surface area contributed by atoms with E-state index in [0.29, 0.717) is 12.5 Å². The Morgan fingerprint density at radius 1 is 1.00 bits per heavy atom. The van der Waals surface area contributed by atoms with E-state index in [0.717, 1.165) is 58.3 Å². The summed E-state index contributed by atoms with van der Waals surface area (Å²) in [6, 6.07) is 10.6. The maximum atomic E-state index is 12.6. The van der Waals surface area contributed by atoms with E-state index < -0.39 is 0 Å². The fraction of sp³-hybridized carbons (Fsp3) is 0.667. The first-order valence-electron chi connectivity index (χ1n) is 10.2. The summed E-state index contributed by atoms with van der Waals surface area (Å²) < 4.78 is 0. The molecule has 0 aromatic heterocycles. The lowest BCUT2D eigenvalue weighted by Crippen LogP contribution is -2.51. The van der Waals surface area contributed by atoms with Crippen LogP contribution in [-0.2, 0) is 11.3 Å². The zero-order valence-corrected chi connectivity index (χ0v) is 16.2. The first kappa shape index (κ1) is 19.3. The van der Waals surface area contributed by atoms with Gasteiger partial charge in [0.05, 0.1) is 6.54 Å². The number of carbonyl (C=O) groups excluding carboxylic acids is 1. The molecule has 0 saturated carbocycles. The number of hydrogen-bond acceptors (Lipinski definition) is 4. The summed E-state index contributed by atoms with van der Waals surface area (Å²) in [7, 11) is 2.02. The Hall–Kier alpha value is -1.43. The normalized spacial score (nSPS) is 20.4. The summed E-state index contributed by atoms with van der Waals surface area (Å²) in [4.78, 5) is 19.5. The van der Waals surface area contributed by atoms with E-state index in [-0.39, 0.29) is 0 Å². The summed E-state index contributed by atoms with van der Waals surface area (Å²) in [6.07, 6.45) is 3.74. The van der Waals surface area contributed by atoms with Crippen molar-refractivity contribution < 1.29 is 4.79 Å². The van der Waals surface area contributed by atoms with E-state index in [1.54, 1.807) is 0 Å². The molecule has 1 aromatic rings. The smallest absolute Gasteiger partial charge is 0.236 e. The van der Waals surface area contributed by atoms with Gasteiger partial charge in [0.25, 0.3) is 0 Å². The quantitative estimate of drug-likeness (QED) is 0.804. The van der Waals surface area contributed by atoms with E-state index in [1.165, 1.54) is 24.8 Å². The minimum Gasteiger partial charge on any atom is -0.339 e. The van der Waals surface area contributed by atoms with Gasteiger partial charge in [-0.3, -0.25) is 14.6 Å². The molecule has 0 aliphatic carbocycles. The van der Waals surface area contributed by atoms with Crippen molar-refractivity contribution in [2.75, 3.05) is 59.4 Å². The molecular weight excluding hydrogens is 324 g/mol. The molecule has 2 aliphatic heterocycles. The Labute approximate surface area is 158 Å². The van der Waals surface area contributed by atoms with Crippen molar-refractivity contribution in [1.29, 1.82) is 0 Å². The molecular formula is C21H34N4O. The highest BCUT2D eigenvalue weighted by Crippen LogP contribution is 2.20. The molecule has 26 heavy (non-hydrogen) atoms. The molecule has 2 fully saturated rings. The van der Waals surface area contributed by atoms with Crippen LogP contribution in [0.1, 0.15) is 24.8 Å². The van der Waals surface area contributed by atoms with E-state index in [1.807, 2.05) is 7.05 Å². The molecule has 2 saturated heterocycles. The van der Waals surface area contributed by atoms with Crippen LogP contribution in [0.2, 0.25) is 0 Å². The largest absolute Gasteiger partial charge is 0.339 e. The van der Waals surface area contributed by atoms with Gasteiger partial charge in [-0.1, -0.05) is 30.3 Å². The van der Waals surface area contributed by atoms with Crippen molar-refractivity contribution in [2.45, 2.75) is 25.8 Å². The maximum absolute atomic E-state index is 12.6. The van der Waals surface area contributed by atoms with E-state index >= 15 is 0 Å². The van der Waals surface area contributed by atoms with E-state index in [4.69, 9.17) is 0 Å². The number of carbonyl (C=O) groups is 1. The molecule has 5 nitrogen and oxygen atoms in total. The molecule has 0 atom stereocenters. The van der Waals surface area contributed by atoms with Crippen LogP contribution >= 0.6 is 0 Å². The second-order valence-corrected chi connectivity index (χ2v) is 7.75. The van der Waals surface area contributed by atoms with Gasteiger partial charge in [-0.2, -0.15) is 0 Å². The minimum atomic E-state index is 0.318. The summed E-state index contributed by atoms with van der Waals surface area (Å²) in [6.45, 7) is 8.55. The van der Waals surface area contributed by atoms with Crippen molar-refractivity contribution in [2.24, 2.45) is 5.92 Å². The molecule has 3 rings (SSSR count). The zero-order valence-electron chi connectivity index (χ0n) is 16.2. The Morgan fingerprint density at radius 3 is 2.35 bits per heavy atom. The lowest BCUT2D eigenvalue weighted by atomic mass is 9.93. The molecule has 0 bridgehead atoms. The van der Waals surface area contributed by atoms with Crippen molar-refractivity contribution in [3.63, 3.8) is 0 Å². The van der Waals surface area contributed by atoms with Gasteiger partial charge in [-0.05, 0) is 57.4 Å². The Balaban J connectivity index is 1.35. The molecule has 0 radical (unpaired) electrons. The lowest BCUT2D eigenvalue weighted by molar-refractivity contribution is -0.134. The van der Waals surface area contributed by atoms with Crippen molar-refractivity contribution in [1.82, 2.24) is 20.0 Å². The number of nitrogens with zero attached hydrogens (tertiary/aromatic N) is 3. The molecule has 2 aliphatic rings. The molecule has 1 amide bonds.